The number of carbonyl (C=O) groups is 1. The molecule has 0 bridgehead atoms. The summed E-state index contributed by atoms with van der Waals surface area (Å²) in [6.45, 7) is 6.21. The zero-order chi connectivity index (χ0) is 14.3. The summed E-state index contributed by atoms with van der Waals surface area (Å²) in [6, 6.07) is 0.248. The predicted octanol–water partition coefficient (Wildman–Crippen LogP) is 2.02. The number of methoxy groups -OCH3 is 1. The van der Waals surface area contributed by atoms with Crippen LogP contribution in [0.15, 0.2) is 0 Å². The number of carbonyl (C=O) groups excluding carboxylic acids is 1. The van der Waals surface area contributed by atoms with Gasteiger partial charge in [-0.25, -0.2) is 0 Å². The van der Waals surface area contributed by atoms with Gasteiger partial charge in [-0.15, -0.1) is 0 Å². The van der Waals surface area contributed by atoms with E-state index in [0.717, 1.165) is 32.2 Å². The van der Waals surface area contributed by atoms with Crippen LogP contribution in [0.4, 0.5) is 0 Å². The first kappa shape index (κ1) is 16.4. The number of ether oxygens (including phenoxy) is 1. The van der Waals surface area contributed by atoms with Crippen LogP contribution in [-0.2, 0) is 9.53 Å². The van der Waals surface area contributed by atoms with Crippen molar-refractivity contribution in [3.8, 4) is 0 Å². The zero-order valence-corrected chi connectivity index (χ0v) is 12.7. The summed E-state index contributed by atoms with van der Waals surface area (Å²) in [6.07, 6.45) is 5.52. The van der Waals surface area contributed by atoms with Gasteiger partial charge in [-0.1, -0.05) is 12.8 Å². The lowest BCUT2D eigenvalue weighted by atomic mass is 9.79. The van der Waals surface area contributed by atoms with Gasteiger partial charge in [0.2, 0.25) is 5.91 Å². The van der Waals surface area contributed by atoms with Crippen molar-refractivity contribution in [3.05, 3.63) is 0 Å². The maximum absolute atomic E-state index is 12.6. The Morgan fingerprint density at radius 3 is 2.74 bits per heavy atom. The Hall–Kier alpha value is -0.610. The standard InChI is InChI=1S/C15H30N2O2/c1-12(2)17(9-10-19-3)15(18)14-6-4-5-13(11-14)7-8-16/h12-14H,4-11,16H2,1-3H3. The summed E-state index contributed by atoms with van der Waals surface area (Å²) >= 11 is 0. The van der Waals surface area contributed by atoms with Crippen LogP contribution in [0.25, 0.3) is 0 Å². The molecule has 112 valence electrons. The van der Waals surface area contributed by atoms with Crippen LogP contribution in [-0.4, -0.2) is 43.7 Å². The van der Waals surface area contributed by atoms with Crippen LogP contribution < -0.4 is 5.73 Å². The highest BCUT2D eigenvalue weighted by atomic mass is 16.5. The number of hydrogen-bond donors (Lipinski definition) is 1. The Bertz CT molecular complexity index is 267. The number of rotatable bonds is 7. The molecule has 1 fully saturated rings. The normalized spacial score (nSPS) is 23.6. The number of amides is 1. The average molecular weight is 270 g/mol. The molecule has 0 spiro atoms. The SMILES string of the molecule is COCCN(C(=O)C1CCCC(CCN)C1)C(C)C. The first-order valence-electron chi connectivity index (χ1n) is 7.59. The average Bonchev–Trinajstić information content (AvgIpc) is 2.39. The molecule has 4 nitrogen and oxygen atoms in total. The van der Waals surface area contributed by atoms with Crippen molar-refractivity contribution in [1.29, 1.82) is 0 Å². The minimum absolute atomic E-state index is 0.199. The van der Waals surface area contributed by atoms with E-state index < -0.39 is 0 Å². The van der Waals surface area contributed by atoms with Crippen molar-refractivity contribution in [2.24, 2.45) is 17.6 Å². The second-order valence-electron chi connectivity index (χ2n) is 5.93. The molecule has 2 unspecified atom stereocenters. The van der Waals surface area contributed by atoms with Gasteiger partial charge in [0, 0.05) is 25.6 Å². The van der Waals surface area contributed by atoms with Crippen molar-refractivity contribution >= 4 is 5.91 Å². The van der Waals surface area contributed by atoms with E-state index in [1.165, 1.54) is 6.42 Å². The van der Waals surface area contributed by atoms with Crippen molar-refractivity contribution in [1.82, 2.24) is 4.90 Å². The molecule has 0 aliphatic heterocycles. The van der Waals surface area contributed by atoms with Gasteiger partial charge in [-0.2, -0.15) is 0 Å². The van der Waals surface area contributed by atoms with Gasteiger partial charge in [0.15, 0.2) is 0 Å². The summed E-state index contributed by atoms with van der Waals surface area (Å²) < 4.78 is 5.11. The summed E-state index contributed by atoms with van der Waals surface area (Å²) in [7, 11) is 1.68. The minimum atomic E-state index is 0.199. The van der Waals surface area contributed by atoms with Gasteiger partial charge >= 0.3 is 0 Å². The molecule has 0 aromatic heterocycles. The van der Waals surface area contributed by atoms with Crippen LogP contribution in [0.3, 0.4) is 0 Å². The minimum Gasteiger partial charge on any atom is -0.383 e. The lowest BCUT2D eigenvalue weighted by Crippen LogP contribution is -2.44. The molecule has 1 aliphatic rings. The third-order valence-electron chi connectivity index (χ3n) is 4.15. The van der Waals surface area contributed by atoms with Gasteiger partial charge in [0.1, 0.15) is 0 Å². The molecule has 2 N–H and O–H groups in total. The molecule has 0 saturated heterocycles. The molecule has 1 rings (SSSR count). The molecule has 0 radical (unpaired) electrons. The van der Waals surface area contributed by atoms with E-state index in [4.69, 9.17) is 10.5 Å². The van der Waals surface area contributed by atoms with E-state index in [0.29, 0.717) is 25.0 Å². The maximum Gasteiger partial charge on any atom is 0.225 e. The van der Waals surface area contributed by atoms with E-state index in [-0.39, 0.29) is 12.0 Å². The van der Waals surface area contributed by atoms with Crippen LogP contribution in [0.1, 0.15) is 46.0 Å². The predicted molar refractivity (Wildman–Crippen MR) is 77.8 cm³/mol. The highest BCUT2D eigenvalue weighted by Gasteiger charge is 2.30. The van der Waals surface area contributed by atoms with Gasteiger partial charge in [0.25, 0.3) is 0 Å². The molecule has 1 saturated carbocycles. The van der Waals surface area contributed by atoms with Crippen LogP contribution >= 0.6 is 0 Å². The molecular formula is C15H30N2O2. The summed E-state index contributed by atoms with van der Waals surface area (Å²) in [5.74, 6) is 1.16. The first-order valence-corrected chi connectivity index (χ1v) is 7.59. The second-order valence-corrected chi connectivity index (χ2v) is 5.93. The van der Waals surface area contributed by atoms with Gasteiger partial charge < -0.3 is 15.4 Å². The number of nitrogens with two attached hydrogens (primary N) is 1. The Morgan fingerprint density at radius 2 is 2.16 bits per heavy atom. The highest BCUT2D eigenvalue weighted by Crippen LogP contribution is 2.32. The quantitative estimate of drug-likeness (QED) is 0.770. The van der Waals surface area contributed by atoms with E-state index >= 15 is 0 Å². The second kappa shape index (κ2) is 8.54. The molecular weight excluding hydrogens is 240 g/mol. The van der Waals surface area contributed by atoms with E-state index in [2.05, 4.69) is 13.8 Å². The third-order valence-corrected chi connectivity index (χ3v) is 4.15. The van der Waals surface area contributed by atoms with E-state index in [9.17, 15) is 4.79 Å². The number of hydrogen-bond acceptors (Lipinski definition) is 3. The monoisotopic (exact) mass is 270 g/mol. The van der Waals surface area contributed by atoms with Crippen LogP contribution in [0.5, 0.6) is 0 Å². The number of nitrogens with zero attached hydrogens (tertiary/aromatic N) is 1. The van der Waals surface area contributed by atoms with E-state index in [1.54, 1.807) is 7.11 Å². The largest absolute Gasteiger partial charge is 0.383 e. The van der Waals surface area contributed by atoms with Gasteiger partial charge in [-0.3, -0.25) is 4.79 Å². The lowest BCUT2D eigenvalue weighted by Gasteiger charge is -2.34. The fourth-order valence-electron chi connectivity index (χ4n) is 3.06. The van der Waals surface area contributed by atoms with Crippen molar-refractivity contribution in [2.45, 2.75) is 52.0 Å². The molecule has 0 aromatic carbocycles. The maximum atomic E-state index is 12.6. The summed E-state index contributed by atoms with van der Waals surface area (Å²) in [5.41, 5.74) is 5.64. The molecule has 19 heavy (non-hydrogen) atoms. The van der Waals surface area contributed by atoms with Crippen molar-refractivity contribution < 1.29 is 9.53 Å². The first-order chi connectivity index (χ1) is 9.10. The molecule has 1 aliphatic carbocycles. The summed E-state index contributed by atoms with van der Waals surface area (Å²) in [5, 5.41) is 0. The summed E-state index contributed by atoms with van der Waals surface area (Å²) in [4.78, 5) is 14.6. The smallest absolute Gasteiger partial charge is 0.225 e. The fraction of sp³-hybridized carbons (Fsp3) is 0.933. The van der Waals surface area contributed by atoms with Crippen LogP contribution in [0.2, 0.25) is 0 Å². The Labute approximate surface area is 117 Å². The molecule has 0 heterocycles. The topological polar surface area (TPSA) is 55.6 Å². The lowest BCUT2D eigenvalue weighted by molar-refractivity contribution is -0.139. The van der Waals surface area contributed by atoms with E-state index in [1.807, 2.05) is 4.90 Å². The van der Waals surface area contributed by atoms with Crippen molar-refractivity contribution in [2.75, 3.05) is 26.8 Å². The van der Waals surface area contributed by atoms with Crippen LogP contribution in [0, 0.1) is 11.8 Å². The Kier molecular flexibility index (Phi) is 7.39. The molecule has 0 aromatic rings. The molecule has 1 amide bonds. The van der Waals surface area contributed by atoms with Gasteiger partial charge in [0.05, 0.1) is 6.61 Å². The van der Waals surface area contributed by atoms with Gasteiger partial charge in [-0.05, 0) is 45.6 Å². The molecule has 2 atom stereocenters. The Morgan fingerprint density at radius 1 is 1.42 bits per heavy atom. The third kappa shape index (κ3) is 5.11. The Balaban J connectivity index is 2.57. The molecule has 4 heteroatoms. The highest BCUT2D eigenvalue weighted by molar-refractivity contribution is 5.79. The fourth-order valence-corrected chi connectivity index (χ4v) is 3.06. The van der Waals surface area contributed by atoms with Crippen molar-refractivity contribution in [3.63, 3.8) is 0 Å². The zero-order valence-electron chi connectivity index (χ0n) is 12.7.